The minimum absolute atomic E-state index is 0.0711. The van der Waals surface area contributed by atoms with Crippen molar-refractivity contribution in [3.05, 3.63) is 53.6 Å². The number of methoxy groups -OCH3 is 1. The molecule has 1 aliphatic heterocycles. The monoisotopic (exact) mass is 496 g/mol. The van der Waals surface area contributed by atoms with Gasteiger partial charge in [0, 0.05) is 62.9 Å². The van der Waals surface area contributed by atoms with Gasteiger partial charge in [0.15, 0.2) is 0 Å². The second kappa shape index (κ2) is 12.9. The SMILES string of the molecule is CCOC(=O)CC(C)(C)c1ccc(-c2ccc(C(=O)N3CCN(C)CC3)cc2)c(OCCCOC)c1. The number of rotatable bonds is 11. The van der Waals surface area contributed by atoms with E-state index in [0.717, 1.165) is 55.0 Å². The number of carbonyl (C=O) groups is 2. The van der Waals surface area contributed by atoms with E-state index >= 15 is 0 Å². The fraction of sp³-hybridized carbons (Fsp3) is 0.517. The van der Waals surface area contributed by atoms with Crippen molar-refractivity contribution < 1.29 is 23.8 Å². The maximum absolute atomic E-state index is 12.9. The van der Waals surface area contributed by atoms with Crippen LogP contribution in [-0.4, -0.2) is 81.8 Å². The number of carbonyl (C=O) groups excluding carboxylic acids is 2. The second-order valence-electron chi connectivity index (χ2n) is 9.94. The quantitative estimate of drug-likeness (QED) is 0.340. The molecule has 2 aromatic rings. The molecule has 1 aliphatic rings. The molecule has 0 unspecified atom stereocenters. The van der Waals surface area contributed by atoms with Gasteiger partial charge in [-0.05, 0) is 43.3 Å². The number of piperazine rings is 1. The fourth-order valence-electron chi connectivity index (χ4n) is 4.35. The first-order chi connectivity index (χ1) is 17.2. The first-order valence-corrected chi connectivity index (χ1v) is 12.8. The lowest BCUT2D eigenvalue weighted by atomic mass is 9.81. The van der Waals surface area contributed by atoms with Gasteiger partial charge in [-0.2, -0.15) is 0 Å². The summed E-state index contributed by atoms with van der Waals surface area (Å²) in [7, 11) is 3.75. The van der Waals surface area contributed by atoms with Gasteiger partial charge in [0.1, 0.15) is 5.75 Å². The van der Waals surface area contributed by atoms with E-state index in [2.05, 4.69) is 11.9 Å². The Bertz CT molecular complexity index is 1010. The summed E-state index contributed by atoms with van der Waals surface area (Å²) < 4.78 is 16.5. The molecule has 0 saturated carbocycles. The van der Waals surface area contributed by atoms with Crippen molar-refractivity contribution in [1.82, 2.24) is 9.80 Å². The molecule has 1 fully saturated rings. The van der Waals surface area contributed by atoms with Crippen LogP contribution in [0.1, 0.15) is 49.5 Å². The van der Waals surface area contributed by atoms with Crippen molar-refractivity contribution >= 4 is 11.9 Å². The summed E-state index contributed by atoms with van der Waals surface area (Å²) in [5, 5.41) is 0. The Morgan fingerprint density at radius 2 is 1.67 bits per heavy atom. The van der Waals surface area contributed by atoms with E-state index in [0.29, 0.717) is 25.4 Å². The van der Waals surface area contributed by atoms with Crippen molar-refractivity contribution in [2.75, 3.05) is 60.2 Å². The van der Waals surface area contributed by atoms with Gasteiger partial charge in [-0.3, -0.25) is 9.59 Å². The highest BCUT2D eigenvalue weighted by Gasteiger charge is 2.27. The summed E-state index contributed by atoms with van der Waals surface area (Å²) in [6.07, 6.45) is 1.05. The van der Waals surface area contributed by atoms with Crippen LogP contribution in [0.2, 0.25) is 0 Å². The zero-order valence-electron chi connectivity index (χ0n) is 22.3. The van der Waals surface area contributed by atoms with Crippen molar-refractivity contribution in [2.45, 2.75) is 39.0 Å². The zero-order chi connectivity index (χ0) is 26.1. The number of amides is 1. The minimum atomic E-state index is -0.409. The number of hydrogen-bond donors (Lipinski definition) is 0. The maximum atomic E-state index is 12.9. The molecule has 3 rings (SSSR count). The maximum Gasteiger partial charge on any atom is 0.306 e. The Labute approximate surface area is 215 Å². The van der Waals surface area contributed by atoms with Crippen LogP contribution in [0.25, 0.3) is 11.1 Å². The molecule has 0 aliphatic carbocycles. The molecule has 0 bridgehead atoms. The summed E-state index contributed by atoms with van der Waals surface area (Å²) >= 11 is 0. The average Bonchev–Trinajstić information content (AvgIpc) is 2.86. The molecule has 7 nitrogen and oxygen atoms in total. The Balaban J connectivity index is 1.83. The summed E-state index contributed by atoms with van der Waals surface area (Å²) in [5.41, 5.74) is 3.21. The topological polar surface area (TPSA) is 68.3 Å². The number of benzene rings is 2. The Morgan fingerprint density at radius 1 is 0.972 bits per heavy atom. The van der Waals surface area contributed by atoms with E-state index in [9.17, 15) is 9.59 Å². The number of likely N-dealkylation sites (N-methyl/N-ethyl adjacent to an activating group) is 1. The lowest BCUT2D eigenvalue weighted by Crippen LogP contribution is -2.47. The Hall–Kier alpha value is -2.90. The molecule has 0 aromatic heterocycles. The number of ether oxygens (including phenoxy) is 3. The van der Waals surface area contributed by atoms with Crippen LogP contribution in [0, 0.1) is 0 Å². The van der Waals surface area contributed by atoms with Crippen molar-refractivity contribution in [3.63, 3.8) is 0 Å². The minimum Gasteiger partial charge on any atom is -0.493 e. The molecule has 7 heteroatoms. The van der Waals surface area contributed by atoms with Gasteiger partial charge in [-0.25, -0.2) is 0 Å². The van der Waals surface area contributed by atoms with Crippen molar-refractivity contribution in [3.8, 4) is 16.9 Å². The third kappa shape index (κ3) is 7.31. The summed E-state index contributed by atoms with van der Waals surface area (Å²) in [4.78, 5) is 29.3. The number of hydrogen-bond acceptors (Lipinski definition) is 6. The van der Waals surface area contributed by atoms with E-state index in [4.69, 9.17) is 14.2 Å². The summed E-state index contributed by atoms with van der Waals surface area (Å²) in [6.45, 7) is 10.7. The first kappa shape index (κ1) is 27.7. The van der Waals surface area contributed by atoms with E-state index in [1.54, 1.807) is 7.11 Å². The predicted molar refractivity (Wildman–Crippen MR) is 142 cm³/mol. The van der Waals surface area contributed by atoms with Crippen LogP contribution in [0.5, 0.6) is 5.75 Å². The summed E-state index contributed by atoms with van der Waals surface area (Å²) in [6, 6.07) is 13.8. The molecule has 2 aromatic carbocycles. The average molecular weight is 497 g/mol. The molecular weight excluding hydrogens is 456 g/mol. The molecule has 196 valence electrons. The standard InChI is InChI=1S/C29H40N2O5/c1-6-35-27(32)21-29(2,3)24-12-13-25(26(20-24)36-19-7-18-34-5)22-8-10-23(11-9-22)28(33)31-16-14-30(4)15-17-31/h8-13,20H,6-7,14-19,21H2,1-5H3. The van der Waals surface area contributed by atoms with E-state index in [1.165, 1.54) is 0 Å². The number of nitrogens with zero attached hydrogens (tertiary/aromatic N) is 2. The lowest BCUT2D eigenvalue weighted by Gasteiger charge is -2.32. The molecule has 1 amide bonds. The van der Waals surface area contributed by atoms with Gasteiger partial charge >= 0.3 is 5.97 Å². The van der Waals surface area contributed by atoms with Gasteiger partial charge < -0.3 is 24.0 Å². The summed E-state index contributed by atoms with van der Waals surface area (Å²) in [5.74, 6) is 0.607. The highest BCUT2D eigenvalue weighted by molar-refractivity contribution is 5.95. The third-order valence-corrected chi connectivity index (χ3v) is 6.64. The van der Waals surface area contributed by atoms with Crippen LogP contribution in [0.15, 0.2) is 42.5 Å². The molecule has 0 N–H and O–H groups in total. The second-order valence-corrected chi connectivity index (χ2v) is 9.94. The third-order valence-electron chi connectivity index (χ3n) is 6.64. The molecule has 1 heterocycles. The molecule has 36 heavy (non-hydrogen) atoms. The Kier molecular flexibility index (Phi) is 9.90. The van der Waals surface area contributed by atoms with Crippen LogP contribution >= 0.6 is 0 Å². The van der Waals surface area contributed by atoms with E-state index in [-0.39, 0.29) is 18.3 Å². The molecule has 1 saturated heterocycles. The predicted octanol–water partition coefficient (Wildman–Crippen LogP) is 4.39. The Morgan fingerprint density at radius 3 is 2.31 bits per heavy atom. The van der Waals surface area contributed by atoms with Crippen LogP contribution in [0.4, 0.5) is 0 Å². The molecule has 0 radical (unpaired) electrons. The van der Waals surface area contributed by atoms with E-state index in [1.807, 2.05) is 68.1 Å². The van der Waals surface area contributed by atoms with Crippen molar-refractivity contribution in [1.29, 1.82) is 0 Å². The number of esters is 1. The van der Waals surface area contributed by atoms with Crippen LogP contribution in [-0.2, 0) is 19.7 Å². The van der Waals surface area contributed by atoms with Gasteiger partial charge in [-0.15, -0.1) is 0 Å². The largest absolute Gasteiger partial charge is 0.493 e. The smallest absolute Gasteiger partial charge is 0.306 e. The molecular formula is C29H40N2O5. The molecule has 0 spiro atoms. The lowest BCUT2D eigenvalue weighted by molar-refractivity contribution is -0.144. The van der Waals surface area contributed by atoms with Gasteiger partial charge in [0.2, 0.25) is 0 Å². The van der Waals surface area contributed by atoms with Gasteiger partial charge in [0.05, 0.1) is 19.6 Å². The van der Waals surface area contributed by atoms with Crippen LogP contribution in [0.3, 0.4) is 0 Å². The zero-order valence-corrected chi connectivity index (χ0v) is 22.3. The van der Waals surface area contributed by atoms with Crippen LogP contribution < -0.4 is 4.74 Å². The van der Waals surface area contributed by atoms with E-state index < -0.39 is 5.41 Å². The highest BCUT2D eigenvalue weighted by Crippen LogP contribution is 2.36. The highest BCUT2D eigenvalue weighted by atomic mass is 16.5. The van der Waals surface area contributed by atoms with Crippen molar-refractivity contribution in [2.24, 2.45) is 0 Å². The molecule has 0 atom stereocenters. The first-order valence-electron chi connectivity index (χ1n) is 12.8. The normalized spacial score (nSPS) is 14.5. The van der Waals surface area contributed by atoms with Gasteiger partial charge in [0.25, 0.3) is 5.91 Å². The fourth-order valence-corrected chi connectivity index (χ4v) is 4.35. The van der Waals surface area contributed by atoms with Gasteiger partial charge in [-0.1, -0.05) is 38.1 Å².